The second-order valence-electron chi connectivity index (χ2n) is 8.97. The van der Waals surface area contributed by atoms with Crippen LogP contribution >= 0.6 is 11.3 Å². The molecule has 2 aromatic carbocycles. The molecule has 184 valence electrons. The van der Waals surface area contributed by atoms with Crippen molar-refractivity contribution >= 4 is 21.7 Å². The van der Waals surface area contributed by atoms with Crippen LogP contribution in [0.1, 0.15) is 48.8 Å². The molecule has 6 heteroatoms. The Kier molecular flexibility index (Phi) is 7.37. The van der Waals surface area contributed by atoms with E-state index in [9.17, 15) is 0 Å². The minimum atomic E-state index is -0.520. The van der Waals surface area contributed by atoms with Gasteiger partial charge in [-0.15, -0.1) is 13.2 Å². The number of thiazole rings is 1. The molecule has 1 fully saturated rings. The maximum Gasteiger partial charge on any atom is 0.183 e. The van der Waals surface area contributed by atoms with Crippen molar-refractivity contribution < 1.29 is 13.9 Å². The molecule has 2 aromatic heterocycles. The molecule has 36 heavy (non-hydrogen) atoms. The van der Waals surface area contributed by atoms with Crippen LogP contribution in [0, 0.1) is 5.82 Å². The predicted octanol–water partition coefficient (Wildman–Crippen LogP) is 7.76. The van der Waals surface area contributed by atoms with E-state index in [0.717, 1.165) is 41.7 Å². The summed E-state index contributed by atoms with van der Waals surface area (Å²) in [7, 11) is 0. The van der Waals surface area contributed by atoms with Gasteiger partial charge >= 0.3 is 0 Å². The molecule has 0 spiro atoms. The molecule has 0 radical (unpaired) electrons. The molecule has 0 bridgehead atoms. The lowest BCUT2D eigenvalue weighted by atomic mass is 9.71. The molecule has 4 aromatic rings. The molecule has 1 atom stereocenters. The van der Waals surface area contributed by atoms with Crippen LogP contribution in [0.5, 0.6) is 0 Å². The molecule has 5 rings (SSSR count). The number of rotatable bonds is 9. The Balaban J connectivity index is 1.53. The van der Waals surface area contributed by atoms with Crippen molar-refractivity contribution in [3.05, 3.63) is 109 Å². The molecular weight excluding hydrogens is 471 g/mol. The third-order valence-electron chi connectivity index (χ3n) is 6.66. The van der Waals surface area contributed by atoms with E-state index in [1.807, 2.05) is 36.4 Å². The zero-order chi connectivity index (χ0) is 25.0. The highest BCUT2D eigenvalue weighted by Crippen LogP contribution is 2.41. The molecule has 0 amide bonds. The van der Waals surface area contributed by atoms with Crippen LogP contribution in [0.15, 0.2) is 86.0 Å². The first-order valence-corrected chi connectivity index (χ1v) is 13.0. The SMILES string of the molecule is C=CCCC(CC=C)(c1ccccc1)c1ccc2nc(-c3ccc(C4OCCCO4)cc3F)sc2n1. The number of nitrogens with zero attached hydrogens (tertiary/aromatic N) is 2. The number of hydrogen-bond acceptors (Lipinski definition) is 5. The van der Waals surface area contributed by atoms with Gasteiger partial charge in [0.1, 0.15) is 21.2 Å². The lowest BCUT2D eigenvalue weighted by molar-refractivity contribution is -0.183. The highest BCUT2D eigenvalue weighted by atomic mass is 32.1. The van der Waals surface area contributed by atoms with Crippen LogP contribution in [0.4, 0.5) is 4.39 Å². The van der Waals surface area contributed by atoms with E-state index in [2.05, 4.69) is 37.4 Å². The van der Waals surface area contributed by atoms with Crippen LogP contribution in [0.25, 0.3) is 20.9 Å². The van der Waals surface area contributed by atoms with Gasteiger partial charge in [0.05, 0.1) is 18.9 Å². The number of ether oxygens (including phenoxy) is 2. The molecule has 1 aliphatic rings. The maximum atomic E-state index is 15.2. The van der Waals surface area contributed by atoms with Gasteiger partial charge in [0, 0.05) is 16.5 Å². The molecule has 1 aliphatic heterocycles. The molecule has 4 nitrogen and oxygen atoms in total. The Labute approximate surface area is 215 Å². The molecule has 1 unspecified atom stereocenters. The Morgan fingerprint density at radius 1 is 1.00 bits per heavy atom. The monoisotopic (exact) mass is 500 g/mol. The van der Waals surface area contributed by atoms with Gasteiger partial charge < -0.3 is 9.47 Å². The van der Waals surface area contributed by atoms with Crippen LogP contribution in [-0.4, -0.2) is 23.2 Å². The average Bonchev–Trinajstić information content (AvgIpc) is 3.35. The second-order valence-corrected chi connectivity index (χ2v) is 9.95. The summed E-state index contributed by atoms with van der Waals surface area (Å²) < 4.78 is 26.4. The number of allylic oxidation sites excluding steroid dienone is 2. The predicted molar refractivity (Wildman–Crippen MR) is 144 cm³/mol. The summed E-state index contributed by atoms with van der Waals surface area (Å²) in [6, 6.07) is 19.5. The number of hydrogen-bond donors (Lipinski definition) is 0. The topological polar surface area (TPSA) is 44.2 Å². The largest absolute Gasteiger partial charge is 0.348 e. The fraction of sp³-hybridized carbons (Fsp3) is 0.267. The number of halogens is 1. The van der Waals surface area contributed by atoms with Crippen molar-refractivity contribution in [3.8, 4) is 10.6 Å². The Morgan fingerprint density at radius 3 is 2.53 bits per heavy atom. The van der Waals surface area contributed by atoms with Gasteiger partial charge in [0.2, 0.25) is 0 Å². The van der Waals surface area contributed by atoms with Gasteiger partial charge in [-0.3, -0.25) is 0 Å². The molecule has 3 heterocycles. The molecule has 0 aliphatic carbocycles. The first-order chi connectivity index (χ1) is 17.6. The smallest absolute Gasteiger partial charge is 0.183 e. The normalized spacial score (nSPS) is 16.0. The van der Waals surface area contributed by atoms with E-state index in [1.165, 1.54) is 23.0 Å². The van der Waals surface area contributed by atoms with E-state index in [1.54, 1.807) is 6.07 Å². The van der Waals surface area contributed by atoms with Crippen molar-refractivity contribution in [2.45, 2.75) is 37.4 Å². The van der Waals surface area contributed by atoms with E-state index in [-0.39, 0.29) is 11.2 Å². The average molecular weight is 501 g/mol. The van der Waals surface area contributed by atoms with Crippen LogP contribution in [0.2, 0.25) is 0 Å². The van der Waals surface area contributed by atoms with Gasteiger partial charge in [-0.1, -0.05) is 59.9 Å². The van der Waals surface area contributed by atoms with Gasteiger partial charge in [-0.25, -0.2) is 14.4 Å². The minimum Gasteiger partial charge on any atom is -0.348 e. The molecular formula is C30H29FN2O2S. The molecule has 0 N–H and O–H groups in total. The van der Waals surface area contributed by atoms with Gasteiger partial charge in [-0.05, 0) is 55.5 Å². The first-order valence-electron chi connectivity index (χ1n) is 12.2. The van der Waals surface area contributed by atoms with Gasteiger partial charge in [0.25, 0.3) is 0 Å². The maximum absolute atomic E-state index is 15.2. The Hall–Kier alpha value is -3.19. The third kappa shape index (κ3) is 4.76. The molecule has 1 saturated heterocycles. The van der Waals surface area contributed by atoms with Crippen LogP contribution in [-0.2, 0) is 14.9 Å². The number of benzene rings is 2. The lowest BCUT2D eigenvalue weighted by Gasteiger charge is -2.33. The fourth-order valence-electron chi connectivity index (χ4n) is 4.83. The second kappa shape index (κ2) is 10.8. The first kappa shape index (κ1) is 24.5. The lowest BCUT2D eigenvalue weighted by Crippen LogP contribution is -2.28. The minimum absolute atomic E-state index is 0.331. The zero-order valence-electron chi connectivity index (χ0n) is 20.2. The van der Waals surface area contributed by atoms with E-state index < -0.39 is 6.29 Å². The summed E-state index contributed by atoms with van der Waals surface area (Å²) in [5, 5.41) is 0.601. The summed E-state index contributed by atoms with van der Waals surface area (Å²) in [5.74, 6) is -0.346. The molecule has 0 saturated carbocycles. The summed E-state index contributed by atoms with van der Waals surface area (Å²) in [6.45, 7) is 9.20. The van der Waals surface area contributed by atoms with E-state index >= 15 is 4.39 Å². The van der Waals surface area contributed by atoms with Crippen molar-refractivity contribution in [2.24, 2.45) is 0 Å². The van der Waals surface area contributed by atoms with Crippen molar-refractivity contribution in [3.63, 3.8) is 0 Å². The summed E-state index contributed by atoms with van der Waals surface area (Å²) in [5.41, 5.74) is 3.70. The zero-order valence-corrected chi connectivity index (χ0v) is 21.0. The summed E-state index contributed by atoms with van der Waals surface area (Å²) >= 11 is 1.40. The highest BCUT2D eigenvalue weighted by Gasteiger charge is 2.34. The van der Waals surface area contributed by atoms with Crippen molar-refractivity contribution in [1.82, 2.24) is 9.97 Å². The Bertz CT molecular complexity index is 1360. The number of aromatic nitrogens is 2. The highest BCUT2D eigenvalue weighted by molar-refractivity contribution is 7.21. The Morgan fingerprint density at radius 2 is 1.81 bits per heavy atom. The summed E-state index contributed by atoms with van der Waals surface area (Å²) in [4.78, 5) is 10.6. The van der Waals surface area contributed by atoms with Crippen LogP contribution in [0.3, 0.4) is 0 Å². The number of pyridine rings is 1. The quantitative estimate of drug-likeness (QED) is 0.220. The van der Waals surface area contributed by atoms with Crippen molar-refractivity contribution in [2.75, 3.05) is 13.2 Å². The van der Waals surface area contributed by atoms with Gasteiger partial charge in [-0.2, -0.15) is 0 Å². The van der Waals surface area contributed by atoms with Crippen LogP contribution < -0.4 is 0 Å². The third-order valence-corrected chi connectivity index (χ3v) is 7.66. The van der Waals surface area contributed by atoms with Crippen molar-refractivity contribution in [1.29, 1.82) is 0 Å². The standard InChI is InChI=1S/C30H29FN2O2S/c1-3-5-17-30(16-4-2,22-10-7-6-8-11-22)26-15-14-25-28(33-26)36-27(32-25)23-13-12-21(20-24(23)31)29-34-18-9-19-35-29/h3-4,6-8,10-15,20,29H,1-2,5,9,16-19H2. The van der Waals surface area contributed by atoms with E-state index in [4.69, 9.17) is 19.4 Å². The summed E-state index contributed by atoms with van der Waals surface area (Å²) in [6.07, 6.45) is 6.69. The van der Waals surface area contributed by atoms with E-state index in [0.29, 0.717) is 29.3 Å². The van der Waals surface area contributed by atoms with Gasteiger partial charge in [0.15, 0.2) is 6.29 Å². The fourth-order valence-corrected chi connectivity index (χ4v) is 5.79. The number of fused-ring (bicyclic) bond motifs is 1.